The fourth-order valence-electron chi connectivity index (χ4n) is 0.803. The van der Waals surface area contributed by atoms with Crippen molar-refractivity contribution in [1.29, 1.82) is 0 Å². The van der Waals surface area contributed by atoms with Crippen molar-refractivity contribution in [2.75, 3.05) is 12.4 Å². The van der Waals surface area contributed by atoms with Crippen molar-refractivity contribution in [3.63, 3.8) is 0 Å². The van der Waals surface area contributed by atoms with Crippen LogP contribution < -0.4 is 10.6 Å². The Hall–Kier alpha value is -0.450. The zero-order chi connectivity index (χ0) is 10.7. The van der Waals surface area contributed by atoms with Crippen molar-refractivity contribution in [3.05, 3.63) is 26.7 Å². The van der Waals surface area contributed by atoms with Crippen LogP contribution in [-0.4, -0.2) is 13.1 Å². The lowest BCUT2D eigenvalue weighted by molar-refractivity contribution is 0.254. The molecule has 76 valence electrons. The van der Waals surface area contributed by atoms with E-state index in [1.165, 1.54) is 7.05 Å². The highest BCUT2D eigenvalue weighted by atomic mass is 79.9. The number of halogens is 3. The molecule has 0 fully saturated rings. The molecule has 0 atom stereocenters. The first-order valence-corrected chi connectivity index (χ1v) is 5.22. The quantitative estimate of drug-likeness (QED) is 0.765. The Morgan fingerprint density at radius 3 is 2.57 bits per heavy atom. The third-order valence-electron chi connectivity index (χ3n) is 1.49. The maximum absolute atomic E-state index is 11.0. The fraction of sp³-hybridized carbons (Fsp3) is 0.125. The van der Waals surface area contributed by atoms with Crippen molar-refractivity contribution < 1.29 is 4.79 Å². The molecule has 0 aliphatic heterocycles. The second kappa shape index (κ2) is 4.87. The first kappa shape index (κ1) is 11.6. The van der Waals surface area contributed by atoms with Gasteiger partial charge in [-0.15, -0.1) is 0 Å². The van der Waals surface area contributed by atoms with Gasteiger partial charge in [-0.1, -0.05) is 23.2 Å². The van der Waals surface area contributed by atoms with Crippen molar-refractivity contribution >= 4 is 50.9 Å². The molecule has 0 saturated carbocycles. The highest BCUT2D eigenvalue weighted by Crippen LogP contribution is 2.32. The van der Waals surface area contributed by atoms with Crippen molar-refractivity contribution in [3.8, 4) is 0 Å². The largest absolute Gasteiger partial charge is 0.341 e. The fourth-order valence-corrected chi connectivity index (χ4v) is 1.58. The number of hydrogen-bond acceptors (Lipinski definition) is 1. The van der Waals surface area contributed by atoms with Crippen LogP contribution in [0.1, 0.15) is 0 Å². The lowest BCUT2D eigenvalue weighted by Crippen LogP contribution is -2.24. The molecule has 0 aliphatic rings. The van der Waals surface area contributed by atoms with E-state index in [2.05, 4.69) is 26.6 Å². The summed E-state index contributed by atoms with van der Waals surface area (Å²) in [5.41, 5.74) is 0.502. The second-order valence-electron chi connectivity index (χ2n) is 2.45. The number of carbonyl (C=O) groups excluding carboxylic acids is 1. The van der Waals surface area contributed by atoms with Crippen molar-refractivity contribution in [2.45, 2.75) is 0 Å². The molecule has 0 heterocycles. The van der Waals surface area contributed by atoms with Gasteiger partial charge in [-0.05, 0) is 28.1 Å². The van der Waals surface area contributed by atoms with E-state index in [1.54, 1.807) is 12.1 Å². The van der Waals surface area contributed by atoms with Gasteiger partial charge in [-0.2, -0.15) is 0 Å². The first-order valence-electron chi connectivity index (χ1n) is 3.68. The van der Waals surface area contributed by atoms with Gasteiger partial charge in [0.05, 0.1) is 15.7 Å². The van der Waals surface area contributed by atoms with E-state index in [0.717, 1.165) is 0 Å². The van der Waals surface area contributed by atoms with Gasteiger partial charge in [0.1, 0.15) is 0 Å². The Morgan fingerprint density at radius 1 is 1.36 bits per heavy atom. The minimum absolute atomic E-state index is 0.332. The van der Waals surface area contributed by atoms with Gasteiger partial charge >= 0.3 is 6.03 Å². The summed E-state index contributed by atoms with van der Waals surface area (Å²) in [5.74, 6) is 0. The first-order chi connectivity index (χ1) is 6.54. The van der Waals surface area contributed by atoms with E-state index in [9.17, 15) is 4.79 Å². The van der Waals surface area contributed by atoms with Gasteiger partial charge in [0.15, 0.2) is 0 Å². The van der Waals surface area contributed by atoms with Crippen LogP contribution >= 0.6 is 39.1 Å². The highest BCUT2D eigenvalue weighted by molar-refractivity contribution is 9.10. The van der Waals surface area contributed by atoms with E-state index in [1.807, 2.05) is 0 Å². The molecule has 0 radical (unpaired) electrons. The number of benzene rings is 1. The lowest BCUT2D eigenvalue weighted by Gasteiger charge is -2.07. The zero-order valence-electron chi connectivity index (χ0n) is 7.20. The SMILES string of the molecule is CNC(=O)Nc1cc(Br)c(Cl)cc1Cl. The molecule has 6 heteroatoms. The molecule has 1 aromatic rings. The molecule has 14 heavy (non-hydrogen) atoms. The average molecular weight is 298 g/mol. The molecular weight excluding hydrogens is 291 g/mol. The van der Waals surface area contributed by atoms with Crippen LogP contribution in [0.15, 0.2) is 16.6 Å². The van der Waals surface area contributed by atoms with Crippen LogP contribution in [0, 0.1) is 0 Å². The Bertz CT molecular complexity index is 371. The van der Waals surface area contributed by atoms with Crippen LogP contribution in [0.25, 0.3) is 0 Å². The molecular formula is C8H7BrCl2N2O. The second-order valence-corrected chi connectivity index (χ2v) is 4.12. The van der Waals surface area contributed by atoms with Crippen LogP contribution in [0.2, 0.25) is 10.0 Å². The normalized spacial score (nSPS) is 9.71. The van der Waals surface area contributed by atoms with Gasteiger partial charge in [-0.25, -0.2) is 4.79 Å². The third-order valence-corrected chi connectivity index (χ3v) is 3.00. The molecule has 2 N–H and O–H groups in total. The van der Waals surface area contributed by atoms with E-state index in [-0.39, 0.29) is 6.03 Å². The zero-order valence-corrected chi connectivity index (χ0v) is 10.3. The molecule has 0 aliphatic carbocycles. The predicted molar refractivity (Wildman–Crippen MR) is 62.2 cm³/mol. The molecule has 1 rings (SSSR count). The van der Waals surface area contributed by atoms with Crippen LogP contribution in [0.3, 0.4) is 0 Å². The third kappa shape index (κ3) is 2.77. The van der Waals surface area contributed by atoms with E-state index < -0.39 is 0 Å². The summed E-state index contributed by atoms with van der Waals surface area (Å²) in [6, 6.07) is 2.86. The van der Waals surface area contributed by atoms with E-state index in [0.29, 0.717) is 20.2 Å². The number of rotatable bonds is 1. The number of carbonyl (C=O) groups is 1. The van der Waals surface area contributed by atoms with Gasteiger partial charge in [0.2, 0.25) is 0 Å². The molecule has 0 bridgehead atoms. The van der Waals surface area contributed by atoms with Gasteiger partial charge in [0, 0.05) is 11.5 Å². The summed E-state index contributed by atoms with van der Waals surface area (Å²) in [4.78, 5) is 11.0. The number of amides is 2. The standard InChI is InChI=1S/C8H7BrCl2N2O/c1-12-8(14)13-7-2-4(9)5(10)3-6(7)11/h2-3H,1H3,(H2,12,13,14). The van der Waals surface area contributed by atoms with Crippen molar-refractivity contribution in [1.82, 2.24) is 5.32 Å². The molecule has 2 amide bonds. The summed E-state index contributed by atoms with van der Waals surface area (Å²) < 4.78 is 0.676. The molecule has 0 saturated heterocycles. The van der Waals surface area contributed by atoms with Crippen molar-refractivity contribution in [2.24, 2.45) is 0 Å². The molecule has 0 spiro atoms. The van der Waals surface area contributed by atoms with Crippen LogP contribution in [-0.2, 0) is 0 Å². The molecule has 0 aromatic heterocycles. The number of urea groups is 1. The summed E-state index contributed by atoms with van der Waals surface area (Å²) >= 11 is 14.9. The predicted octanol–water partition coefficient (Wildman–Crippen LogP) is 3.51. The Labute approximate surface area is 99.9 Å². The van der Waals surface area contributed by atoms with Gasteiger partial charge in [-0.3, -0.25) is 0 Å². The monoisotopic (exact) mass is 296 g/mol. The number of anilines is 1. The van der Waals surface area contributed by atoms with Gasteiger partial charge in [0.25, 0.3) is 0 Å². The van der Waals surface area contributed by atoms with Crippen LogP contribution in [0.5, 0.6) is 0 Å². The minimum Gasteiger partial charge on any atom is -0.341 e. The Morgan fingerprint density at radius 2 is 2.00 bits per heavy atom. The average Bonchev–Trinajstić information content (AvgIpc) is 2.14. The summed E-state index contributed by atoms with van der Waals surface area (Å²) in [7, 11) is 1.52. The number of hydrogen-bond donors (Lipinski definition) is 2. The molecule has 0 unspecified atom stereocenters. The lowest BCUT2D eigenvalue weighted by atomic mass is 10.3. The highest BCUT2D eigenvalue weighted by Gasteiger charge is 2.07. The van der Waals surface area contributed by atoms with E-state index in [4.69, 9.17) is 23.2 Å². The molecule has 1 aromatic carbocycles. The summed E-state index contributed by atoms with van der Waals surface area (Å²) in [6.07, 6.45) is 0. The Balaban J connectivity index is 2.98. The topological polar surface area (TPSA) is 41.1 Å². The minimum atomic E-state index is -0.332. The summed E-state index contributed by atoms with van der Waals surface area (Å²) in [6.45, 7) is 0. The maximum atomic E-state index is 11.0. The van der Waals surface area contributed by atoms with Crippen LogP contribution in [0.4, 0.5) is 10.5 Å². The summed E-state index contributed by atoms with van der Waals surface area (Å²) in [5, 5.41) is 5.86. The maximum Gasteiger partial charge on any atom is 0.319 e. The molecule has 3 nitrogen and oxygen atoms in total. The Kier molecular flexibility index (Phi) is 4.04. The van der Waals surface area contributed by atoms with E-state index >= 15 is 0 Å². The number of nitrogens with one attached hydrogen (secondary N) is 2. The smallest absolute Gasteiger partial charge is 0.319 e. The van der Waals surface area contributed by atoms with Gasteiger partial charge < -0.3 is 10.6 Å².